The summed E-state index contributed by atoms with van der Waals surface area (Å²) in [6, 6.07) is 7.98. The summed E-state index contributed by atoms with van der Waals surface area (Å²) in [5.74, 6) is 6.94. The summed E-state index contributed by atoms with van der Waals surface area (Å²) in [7, 11) is 0. The van der Waals surface area contributed by atoms with E-state index in [1.807, 2.05) is 12.1 Å². The maximum absolute atomic E-state index is 11.3. The van der Waals surface area contributed by atoms with Crippen LogP contribution in [0.2, 0.25) is 5.02 Å². The van der Waals surface area contributed by atoms with Gasteiger partial charge in [0.15, 0.2) is 5.16 Å². The van der Waals surface area contributed by atoms with E-state index in [0.717, 1.165) is 29.0 Å². The average Bonchev–Trinajstić information content (AvgIpc) is 3.25. The van der Waals surface area contributed by atoms with Gasteiger partial charge in [-0.15, -0.1) is 10.2 Å². The molecular formula is C15H18ClN5OS. The molecule has 0 aliphatic heterocycles. The predicted molar refractivity (Wildman–Crippen MR) is 90.3 cm³/mol. The van der Waals surface area contributed by atoms with Crippen molar-refractivity contribution in [2.45, 2.75) is 36.9 Å². The van der Waals surface area contributed by atoms with Crippen LogP contribution in [-0.2, 0) is 11.3 Å². The number of amides is 1. The first-order valence-corrected chi connectivity index (χ1v) is 8.81. The van der Waals surface area contributed by atoms with Crippen LogP contribution in [0.1, 0.15) is 36.6 Å². The third kappa shape index (κ3) is 3.52. The summed E-state index contributed by atoms with van der Waals surface area (Å²) in [4.78, 5) is 11.3. The molecule has 23 heavy (non-hydrogen) atoms. The monoisotopic (exact) mass is 351 g/mol. The molecule has 2 aromatic rings. The molecule has 1 aliphatic rings. The fourth-order valence-electron chi connectivity index (χ4n) is 2.71. The van der Waals surface area contributed by atoms with Crippen molar-refractivity contribution in [2.75, 3.05) is 5.75 Å². The summed E-state index contributed by atoms with van der Waals surface area (Å²) in [5.41, 5.74) is 3.40. The third-order valence-corrected chi connectivity index (χ3v) is 5.19. The molecule has 1 aliphatic carbocycles. The Balaban J connectivity index is 1.73. The first kappa shape index (κ1) is 16.3. The Morgan fingerprint density at radius 3 is 2.78 bits per heavy atom. The first-order chi connectivity index (χ1) is 11.1. The number of hydrogen-bond donors (Lipinski definition) is 2. The minimum atomic E-state index is -0.229. The van der Waals surface area contributed by atoms with Crippen LogP contribution in [0, 0.1) is 0 Å². The third-order valence-electron chi connectivity index (χ3n) is 3.98. The number of nitrogens with two attached hydrogens (primary N) is 1. The van der Waals surface area contributed by atoms with Crippen molar-refractivity contribution >= 4 is 29.3 Å². The molecule has 6 nitrogen and oxygen atoms in total. The molecule has 0 radical (unpaired) electrons. The number of halogens is 1. The fourth-order valence-corrected chi connectivity index (χ4v) is 3.66. The van der Waals surface area contributed by atoms with Gasteiger partial charge in [0.1, 0.15) is 5.82 Å². The van der Waals surface area contributed by atoms with E-state index in [4.69, 9.17) is 17.4 Å². The molecule has 1 fully saturated rings. The number of rotatable bonds is 6. The molecule has 0 unspecified atom stereocenters. The van der Waals surface area contributed by atoms with Gasteiger partial charge in [-0.05, 0) is 37.0 Å². The predicted octanol–water partition coefficient (Wildman–Crippen LogP) is 2.30. The molecule has 2 atom stereocenters. The van der Waals surface area contributed by atoms with Gasteiger partial charge < -0.3 is 4.57 Å². The molecule has 3 rings (SSSR count). The van der Waals surface area contributed by atoms with Crippen LogP contribution >= 0.6 is 23.4 Å². The second-order valence-electron chi connectivity index (χ2n) is 5.44. The maximum atomic E-state index is 11.3. The van der Waals surface area contributed by atoms with E-state index in [2.05, 4.69) is 39.2 Å². The number of carbonyl (C=O) groups is 1. The van der Waals surface area contributed by atoms with Crippen LogP contribution in [0.5, 0.6) is 0 Å². The van der Waals surface area contributed by atoms with Gasteiger partial charge in [0.25, 0.3) is 0 Å². The van der Waals surface area contributed by atoms with Gasteiger partial charge in [0.2, 0.25) is 5.91 Å². The van der Waals surface area contributed by atoms with E-state index in [9.17, 15) is 4.79 Å². The lowest BCUT2D eigenvalue weighted by Crippen LogP contribution is -2.31. The lowest BCUT2D eigenvalue weighted by Gasteiger charge is -2.07. The number of nitrogens with zero attached hydrogens (tertiary/aromatic N) is 3. The van der Waals surface area contributed by atoms with Gasteiger partial charge in [-0.3, -0.25) is 10.2 Å². The van der Waals surface area contributed by atoms with E-state index in [0.29, 0.717) is 11.8 Å². The number of nitrogens with one attached hydrogen (secondary N) is 1. The second kappa shape index (κ2) is 6.90. The molecule has 0 spiro atoms. The lowest BCUT2D eigenvalue weighted by atomic mass is 10.1. The molecule has 3 N–H and O–H groups in total. The number of aromatic nitrogens is 3. The lowest BCUT2D eigenvalue weighted by molar-refractivity contribution is -0.118. The van der Waals surface area contributed by atoms with Crippen LogP contribution in [0.15, 0.2) is 29.4 Å². The van der Waals surface area contributed by atoms with Crippen LogP contribution in [-0.4, -0.2) is 26.4 Å². The standard InChI is InChI=1S/C15H18ClN5OS/c1-2-21-14(19-20-15(21)23-8-13(22)18-17)12-7-11(12)9-3-5-10(16)6-4-9/h3-6,11-12H,2,7-8,17H2,1H3,(H,18,22)/t11-,12-/m0/s1. The molecule has 0 saturated heterocycles. The summed E-state index contributed by atoms with van der Waals surface area (Å²) < 4.78 is 2.08. The quantitative estimate of drug-likeness (QED) is 0.361. The average molecular weight is 352 g/mol. The maximum Gasteiger partial charge on any atom is 0.244 e. The van der Waals surface area contributed by atoms with Crippen LogP contribution in [0.4, 0.5) is 0 Å². The molecule has 0 bridgehead atoms. The normalized spacial score (nSPS) is 19.6. The topological polar surface area (TPSA) is 85.8 Å². The van der Waals surface area contributed by atoms with Gasteiger partial charge in [0, 0.05) is 17.5 Å². The largest absolute Gasteiger partial charge is 0.306 e. The Labute approximate surface area is 143 Å². The highest BCUT2D eigenvalue weighted by molar-refractivity contribution is 7.99. The van der Waals surface area contributed by atoms with Crippen LogP contribution in [0.25, 0.3) is 0 Å². The Kier molecular flexibility index (Phi) is 4.89. The Hall–Kier alpha value is -1.57. The SMILES string of the molecule is CCn1c(SCC(=O)NN)nnc1[C@H]1C[C@H]1c1ccc(Cl)cc1. The zero-order chi connectivity index (χ0) is 16.4. The van der Waals surface area contributed by atoms with Crippen LogP contribution in [0.3, 0.4) is 0 Å². The van der Waals surface area contributed by atoms with Crippen LogP contribution < -0.4 is 11.3 Å². The number of carbonyl (C=O) groups excluding carboxylic acids is 1. The number of thioether (sulfide) groups is 1. The summed E-state index contributed by atoms with van der Waals surface area (Å²) in [5, 5.41) is 10.1. The molecule has 1 amide bonds. The van der Waals surface area contributed by atoms with Gasteiger partial charge in [-0.1, -0.05) is 35.5 Å². The molecule has 1 heterocycles. The van der Waals surface area contributed by atoms with E-state index in [1.54, 1.807) is 0 Å². The zero-order valence-electron chi connectivity index (χ0n) is 12.7. The number of benzene rings is 1. The summed E-state index contributed by atoms with van der Waals surface area (Å²) >= 11 is 7.29. The van der Waals surface area contributed by atoms with Gasteiger partial charge in [-0.25, -0.2) is 5.84 Å². The van der Waals surface area contributed by atoms with Gasteiger partial charge in [0.05, 0.1) is 5.75 Å². The Morgan fingerprint density at radius 2 is 2.13 bits per heavy atom. The van der Waals surface area contributed by atoms with E-state index in [1.165, 1.54) is 17.3 Å². The zero-order valence-corrected chi connectivity index (χ0v) is 14.3. The molecule has 1 aromatic carbocycles. The van der Waals surface area contributed by atoms with Gasteiger partial charge >= 0.3 is 0 Å². The van der Waals surface area contributed by atoms with Crippen molar-refractivity contribution in [1.29, 1.82) is 0 Å². The second-order valence-corrected chi connectivity index (χ2v) is 6.82. The number of hydrogen-bond acceptors (Lipinski definition) is 5. The molecule has 1 saturated carbocycles. The van der Waals surface area contributed by atoms with Crippen molar-refractivity contribution in [2.24, 2.45) is 5.84 Å². The smallest absolute Gasteiger partial charge is 0.244 e. The van der Waals surface area contributed by atoms with Crippen molar-refractivity contribution in [1.82, 2.24) is 20.2 Å². The van der Waals surface area contributed by atoms with Crippen molar-refractivity contribution in [3.63, 3.8) is 0 Å². The minimum Gasteiger partial charge on any atom is -0.306 e. The summed E-state index contributed by atoms with van der Waals surface area (Å²) in [6.07, 6.45) is 1.06. The fraction of sp³-hybridized carbons (Fsp3) is 0.400. The van der Waals surface area contributed by atoms with Crippen molar-refractivity contribution < 1.29 is 4.79 Å². The van der Waals surface area contributed by atoms with E-state index in [-0.39, 0.29) is 11.7 Å². The molecule has 1 aromatic heterocycles. The molecule has 122 valence electrons. The number of hydrazine groups is 1. The van der Waals surface area contributed by atoms with Crippen molar-refractivity contribution in [3.8, 4) is 0 Å². The van der Waals surface area contributed by atoms with E-state index < -0.39 is 0 Å². The first-order valence-electron chi connectivity index (χ1n) is 7.44. The highest BCUT2D eigenvalue weighted by atomic mass is 35.5. The Bertz CT molecular complexity index is 702. The highest BCUT2D eigenvalue weighted by Crippen LogP contribution is 2.54. The molecule has 8 heteroatoms. The van der Waals surface area contributed by atoms with Gasteiger partial charge in [-0.2, -0.15) is 0 Å². The summed E-state index contributed by atoms with van der Waals surface area (Å²) in [6.45, 7) is 2.83. The van der Waals surface area contributed by atoms with Crippen molar-refractivity contribution in [3.05, 3.63) is 40.7 Å². The minimum absolute atomic E-state index is 0.229. The Morgan fingerprint density at radius 1 is 1.39 bits per heavy atom. The molecular weight excluding hydrogens is 334 g/mol. The highest BCUT2D eigenvalue weighted by Gasteiger charge is 2.43. The van der Waals surface area contributed by atoms with E-state index >= 15 is 0 Å².